The van der Waals surface area contributed by atoms with Gasteiger partial charge in [0.1, 0.15) is 11.4 Å². The highest BCUT2D eigenvalue weighted by molar-refractivity contribution is 6.01. The maximum atomic E-state index is 14.2. The molecule has 0 atom stereocenters. The van der Waals surface area contributed by atoms with Crippen molar-refractivity contribution in [2.24, 2.45) is 0 Å². The SMILES string of the molecule is CC(C)(C)OC(=O)/C=C1\CCc2c[nH]c3ccc(F)c1c23. The lowest BCUT2D eigenvalue weighted by Crippen LogP contribution is -2.23. The predicted octanol–water partition coefficient (Wildman–Crippen LogP) is 3.98. The molecule has 0 spiro atoms. The van der Waals surface area contributed by atoms with Crippen LogP contribution in [0.3, 0.4) is 0 Å². The highest BCUT2D eigenvalue weighted by Gasteiger charge is 2.23. The van der Waals surface area contributed by atoms with E-state index in [0.717, 1.165) is 22.9 Å². The minimum absolute atomic E-state index is 0.294. The van der Waals surface area contributed by atoms with Crippen molar-refractivity contribution in [3.8, 4) is 0 Å². The molecule has 0 amide bonds. The fraction of sp³-hybridized carbons (Fsp3) is 0.353. The van der Waals surface area contributed by atoms with Crippen molar-refractivity contribution < 1.29 is 13.9 Å². The molecule has 0 saturated carbocycles. The number of hydrogen-bond acceptors (Lipinski definition) is 2. The van der Waals surface area contributed by atoms with Crippen LogP contribution in [-0.2, 0) is 16.0 Å². The van der Waals surface area contributed by atoms with Crippen LogP contribution in [0.25, 0.3) is 16.5 Å². The molecule has 3 rings (SSSR count). The lowest BCUT2D eigenvalue weighted by Gasteiger charge is -2.20. The number of allylic oxidation sites excluding steroid dienone is 1. The zero-order valence-corrected chi connectivity index (χ0v) is 12.4. The van der Waals surface area contributed by atoms with Crippen molar-refractivity contribution in [2.45, 2.75) is 39.2 Å². The molecule has 2 aromatic rings. The number of H-pyrrole nitrogens is 1. The number of carbonyl (C=O) groups is 1. The summed E-state index contributed by atoms with van der Waals surface area (Å²) in [5.74, 6) is -0.717. The van der Waals surface area contributed by atoms with Crippen molar-refractivity contribution in [1.29, 1.82) is 0 Å². The Bertz CT molecular complexity index is 750. The number of ether oxygens (including phenoxy) is 1. The van der Waals surface area contributed by atoms with Crippen molar-refractivity contribution in [3.05, 3.63) is 41.3 Å². The van der Waals surface area contributed by atoms with E-state index in [2.05, 4.69) is 4.98 Å². The number of carbonyl (C=O) groups excluding carboxylic acids is 1. The van der Waals surface area contributed by atoms with E-state index in [-0.39, 0.29) is 5.82 Å². The second kappa shape index (κ2) is 4.72. The van der Waals surface area contributed by atoms with E-state index >= 15 is 0 Å². The smallest absolute Gasteiger partial charge is 0.331 e. The van der Waals surface area contributed by atoms with Crippen LogP contribution in [0.15, 0.2) is 24.4 Å². The molecule has 1 N–H and O–H groups in total. The van der Waals surface area contributed by atoms with Gasteiger partial charge in [-0.15, -0.1) is 0 Å². The summed E-state index contributed by atoms with van der Waals surface area (Å²) in [6, 6.07) is 3.17. The molecule has 1 aromatic heterocycles. The molecule has 4 heteroatoms. The van der Waals surface area contributed by atoms with Crippen LogP contribution in [0.4, 0.5) is 4.39 Å². The molecule has 0 aliphatic heterocycles. The standard InChI is InChI=1S/C17H18FNO2/c1-17(2,3)21-14(20)8-10-4-5-11-9-19-13-7-6-12(18)15(10)16(11)13/h6-9,19H,4-5H2,1-3H3/b10-8+. The van der Waals surface area contributed by atoms with Gasteiger partial charge in [0.15, 0.2) is 0 Å². The molecule has 0 unspecified atom stereocenters. The van der Waals surface area contributed by atoms with Crippen molar-refractivity contribution in [2.75, 3.05) is 0 Å². The molecule has 1 aromatic carbocycles. The number of rotatable bonds is 1. The second-order valence-corrected chi connectivity index (χ2v) is 6.36. The third-order valence-electron chi connectivity index (χ3n) is 3.56. The summed E-state index contributed by atoms with van der Waals surface area (Å²) in [6.45, 7) is 5.45. The minimum Gasteiger partial charge on any atom is -0.457 e. The molecule has 0 bridgehead atoms. The summed E-state index contributed by atoms with van der Waals surface area (Å²) in [4.78, 5) is 15.1. The molecule has 21 heavy (non-hydrogen) atoms. The summed E-state index contributed by atoms with van der Waals surface area (Å²) >= 11 is 0. The molecule has 0 fully saturated rings. The minimum atomic E-state index is -0.549. The first-order valence-corrected chi connectivity index (χ1v) is 7.07. The summed E-state index contributed by atoms with van der Waals surface area (Å²) in [7, 11) is 0. The van der Waals surface area contributed by atoms with Gasteiger partial charge >= 0.3 is 5.97 Å². The van der Waals surface area contributed by atoms with Gasteiger partial charge in [0, 0.05) is 28.7 Å². The van der Waals surface area contributed by atoms with E-state index in [1.807, 2.05) is 27.0 Å². The number of aromatic nitrogens is 1. The average molecular weight is 287 g/mol. The Balaban J connectivity index is 2.07. The summed E-state index contributed by atoms with van der Waals surface area (Å²) in [6.07, 6.45) is 4.78. The van der Waals surface area contributed by atoms with E-state index in [1.165, 1.54) is 12.1 Å². The predicted molar refractivity (Wildman–Crippen MR) is 80.4 cm³/mol. The fourth-order valence-electron chi connectivity index (χ4n) is 2.79. The number of halogens is 1. The highest BCUT2D eigenvalue weighted by Crippen LogP contribution is 2.37. The topological polar surface area (TPSA) is 42.1 Å². The number of aromatic amines is 1. The second-order valence-electron chi connectivity index (χ2n) is 6.36. The van der Waals surface area contributed by atoms with Gasteiger partial charge in [-0.2, -0.15) is 0 Å². The van der Waals surface area contributed by atoms with Crippen LogP contribution in [0, 0.1) is 5.82 Å². The Morgan fingerprint density at radius 2 is 2.10 bits per heavy atom. The normalized spacial score (nSPS) is 16.5. The van der Waals surface area contributed by atoms with Gasteiger partial charge in [-0.1, -0.05) is 0 Å². The van der Waals surface area contributed by atoms with E-state index in [1.54, 1.807) is 6.07 Å². The van der Waals surface area contributed by atoms with Gasteiger partial charge in [0.2, 0.25) is 0 Å². The van der Waals surface area contributed by atoms with Gasteiger partial charge in [0.25, 0.3) is 0 Å². The van der Waals surface area contributed by atoms with Crippen molar-refractivity contribution in [1.82, 2.24) is 4.98 Å². The number of benzene rings is 1. The molecule has 0 saturated heterocycles. The molecule has 1 aliphatic carbocycles. The van der Waals surface area contributed by atoms with E-state index in [4.69, 9.17) is 4.74 Å². The Kier molecular flexibility index (Phi) is 3.12. The van der Waals surface area contributed by atoms with Crippen LogP contribution >= 0.6 is 0 Å². The molecular weight excluding hydrogens is 269 g/mol. The van der Waals surface area contributed by atoms with Gasteiger partial charge < -0.3 is 9.72 Å². The first-order chi connectivity index (χ1) is 9.85. The van der Waals surface area contributed by atoms with Gasteiger partial charge in [-0.25, -0.2) is 9.18 Å². The maximum absolute atomic E-state index is 14.2. The quantitative estimate of drug-likeness (QED) is 0.637. The molecule has 0 radical (unpaired) electrons. The molecule has 1 aliphatic rings. The third-order valence-corrected chi connectivity index (χ3v) is 3.56. The van der Waals surface area contributed by atoms with Crippen LogP contribution in [0.1, 0.15) is 38.3 Å². The Labute approximate surface area is 122 Å². The fourth-order valence-corrected chi connectivity index (χ4v) is 2.79. The van der Waals surface area contributed by atoms with Crippen LogP contribution in [0.2, 0.25) is 0 Å². The molecule has 1 heterocycles. The lowest BCUT2D eigenvalue weighted by molar-refractivity contribution is -0.148. The lowest BCUT2D eigenvalue weighted by atomic mass is 9.88. The van der Waals surface area contributed by atoms with Gasteiger partial charge in [0.05, 0.1) is 0 Å². The zero-order chi connectivity index (χ0) is 15.2. The Morgan fingerprint density at radius 3 is 2.81 bits per heavy atom. The highest BCUT2D eigenvalue weighted by atomic mass is 19.1. The van der Waals surface area contributed by atoms with E-state index in [9.17, 15) is 9.18 Å². The van der Waals surface area contributed by atoms with Crippen LogP contribution < -0.4 is 0 Å². The number of esters is 1. The van der Waals surface area contributed by atoms with Crippen molar-refractivity contribution >= 4 is 22.4 Å². The number of hydrogen-bond donors (Lipinski definition) is 1. The first-order valence-electron chi connectivity index (χ1n) is 7.07. The molecular formula is C17H18FNO2. The maximum Gasteiger partial charge on any atom is 0.331 e. The van der Waals surface area contributed by atoms with E-state index < -0.39 is 11.6 Å². The summed E-state index contributed by atoms with van der Waals surface area (Å²) < 4.78 is 19.5. The average Bonchev–Trinajstić information content (AvgIpc) is 2.77. The van der Waals surface area contributed by atoms with E-state index in [0.29, 0.717) is 17.6 Å². The molecule has 3 nitrogen and oxygen atoms in total. The number of aryl methyl sites for hydroxylation is 1. The van der Waals surface area contributed by atoms with Gasteiger partial charge in [-0.05, 0) is 56.9 Å². The summed E-state index contributed by atoms with van der Waals surface area (Å²) in [5.41, 5.74) is 2.68. The van der Waals surface area contributed by atoms with Crippen LogP contribution in [-0.4, -0.2) is 16.6 Å². The Hall–Kier alpha value is -2.10. The largest absolute Gasteiger partial charge is 0.457 e. The zero-order valence-electron chi connectivity index (χ0n) is 12.4. The van der Waals surface area contributed by atoms with Crippen molar-refractivity contribution in [3.63, 3.8) is 0 Å². The monoisotopic (exact) mass is 287 g/mol. The van der Waals surface area contributed by atoms with Gasteiger partial charge in [-0.3, -0.25) is 0 Å². The van der Waals surface area contributed by atoms with Crippen LogP contribution in [0.5, 0.6) is 0 Å². The third kappa shape index (κ3) is 2.58. The Morgan fingerprint density at radius 1 is 1.33 bits per heavy atom. The summed E-state index contributed by atoms with van der Waals surface area (Å²) in [5, 5.41) is 0.885. The molecule has 110 valence electrons. The first kappa shape index (κ1) is 13.9. The number of nitrogens with one attached hydrogen (secondary N) is 1.